The van der Waals surface area contributed by atoms with Crippen LogP contribution in [0.4, 0.5) is 0 Å². The number of likely N-dealkylation sites (tertiary alicyclic amines) is 1. The van der Waals surface area contributed by atoms with Crippen LogP contribution in [0.1, 0.15) is 64.2 Å². The Bertz CT molecular complexity index is 517. The Morgan fingerprint density at radius 1 is 1.08 bits per heavy atom. The van der Waals surface area contributed by atoms with E-state index in [0.29, 0.717) is 6.54 Å². The highest BCUT2D eigenvalue weighted by Gasteiger charge is 2.47. The molecule has 1 N–H and O–H groups in total. The minimum atomic E-state index is -0.118. The molecule has 0 spiro atoms. The van der Waals surface area contributed by atoms with Crippen LogP contribution in [-0.2, 0) is 14.4 Å². The van der Waals surface area contributed by atoms with Crippen LogP contribution >= 0.6 is 0 Å². The first-order valence-electron chi connectivity index (χ1n) is 9.46. The van der Waals surface area contributed by atoms with Crippen molar-refractivity contribution in [2.75, 3.05) is 13.1 Å². The van der Waals surface area contributed by atoms with Gasteiger partial charge in [0.15, 0.2) is 0 Å². The molecule has 3 amide bonds. The first-order valence-corrected chi connectivity index (χ1v) is 9.46. The van der Waals surface area contributed by atoms with E-state index in [1.165, 1.54) is 23.3 Å². The van der Waals surface area contributed by atoms with Crippen molar-refractivity contribution in [3.63, 3.8) is 0 Å². The number of nitrogens with one attached hydrogen (secondary N) is 1. The van der Waals surface area contributed by atoms with Crippen LogP contribution in [0.2, 0.25) is 0 Å². The van der Waals surface area contributed by atoms with Crippen molar-refractivity contribution >= 4 is 17.7 Å². The molecule has 0 aromatic carbocycles. The van der Waals surface area contributed by atoms with Gasteiger partial charge in [-0.2, -0.15) is 0 Å². The Kier molecular flexibility index (Phi) is 5.69. The second-order valence-corrected chi connectivity index (χ2v) is 7.28. The van der Waals surface area contributed by atoms with Gasteiger partial charge >= 0.3 is 0 Å². The Labute approximate surface area is 143 Å². The number of carbonyl (C=O) groups excluding carboxylic acids is 3. The Hall–Kier alpha value is -1.65. The van der Waals surface area contributed by atoms with Crippen molar-refractivity contribution in [1.82, 2.24) is 10.2 Å². The highest BCUT2D eigenvalue weighted by Crippen LogP contribution is 2.37. The molecule has 0 radical (unpaired) electrons. The molecule has 2 unspecified atom stereocenters. The third kappa shape index (κ3) is 3.87. The molecule has 1 saturated carbocycles. The lowest BCUT2D eigenvalue weighted by Crippen LogP contribution is -2.35. The SMILES string of the molecule is O=C(CCN1C(=O)C2CCCCC2C1=O)NCCC1=CCCCC1. The summed E-state index contributed by atoms with van der Waals surface area (Å²) in [6.07, 6.45) is 12.0. The summed E-state index contributed by atoms with van der Waals surface area (Å²) in [6.45, 7) is 0.886. The summed E-state index contributed by atoms with van der Waals surface area (Å²) >= 11 is 0. The summed E-state index contributed by atoms with van der Waals surface area (Å²) in [7, 11) is 0. The van der Waals surface area contributed by atoms with Gasteiger partial charge in [0.2, 0.25) is 17.7 Å². The Balaban J connectivity index is 1.40. The molecule has 5 nitrogen and oxygen atoms in total. The largest absolute Gasteiger partial charge is 0.356 e. The fourth-order valence-corrected chi connectivity index (χ4v) is 4.25. The first-order chi connectivity index (χ1) is 11.7. The second kappa shape index (κ2) is 7.95. The number of rotatable bonds is 6. The van der Waals surface area contributed by atoms with Crippen LogP contribution in [-0.4, -0.2) is 35.7 Å². The van der Waals surface area contributed by atoms with E-state index >= 15 is 0 Å². The number of hydrogen-bond acceptors (Lipinski definition) is 3. The zero-order chi connectivity index (χ0) is 16.9. The topological polar surface area (TPSA) is 66.5 Å². The number of amides is 3. The van der Waals surface area contributed by atoms with E-state index in [4.69, 9.17) is 0 Å². The Morgan fingerprint density at radius 2 is 1.79 bits per heavy atom. The van der Waals surface area contributed by atoms with Gasteiger partial charge in [0.1, 0.15) is 0 Å². The molecule has 3 aliphatic rings. The molecule has 1 saturated heterocycles. The minimum Gasteiger partial charge on any atom is -0.356 e. The van der Waals surface area contributed by atoms with Gasteiger partial charge in [0.05, 0.1) is 11.8 Å². The van der Waals surface area contributed by atoms with Gasteiger partial charge in [-0.15, -0.1) is 0 Å². The van der Waals surface area contributed by atoms with Gasteiger partial charge < -0.3 is 5.32 Å². The third-order valence-electron chi connectivity index (χ3n) is 5.65. The summed E-state index contributed by atoms with van der Waals surface area (Å²) in [5, 5.41) is 2.92. The van der Waals surface area contributed by atoms with Gasteiger partial charge in [0.25, 0.3) is 0 Å². The van der Waals surface area contributed by atoms with Crippen LogP contribution in [0.5, 0.6) is 0 Å². The van der Waals surface area contributed by atoms with Crippen molar-refractivity contribution in [1.29, 1.82) is 0 Å². The molecule has 0 aromatic rings. The molecular formula is C19H28N2O3. The molecule has 1 heterocycles. The quantitative estimate of drug-likeness (QED) is 0.600. The molecule has 0 bridgehead atoms. The average Bonchev–Trinajstić information content (AvgIpc) is 2.85. The monoisotopic (exact) mass is 332 g/mol. The van der Waals surface area contributed by atoms with Crippen LogP contribution < -0.4 is 5.32 Å². The Morgan fingerprint density at radius 3 is 2.42 bits per heavy atom. The summed E-state index contributed by atoms with van der Waals surface area (Å²) < 4.78 is 0. The highest BCUT2D eigenvalue weighted by molar-refractivity contribution is 6.05. The summed E-state index contributed by atoms with van der Waals surface area (Å²) in [4.78, 5) is 38.0. The standard InChI is InChI=1S/C19H28N2O3/c22-17(20-12-10-14-6-2-1-3-7-14)11-13-21-18(23)15-8-4-5-9-16(15)19(21)24/h6,15-16H,1-5,7-13H2,(H,20,22). The number of allylic oxidation sites excluding steroid dienone is 1. The van der Waals surface area contributed by atoms with E-state index in [1.807, 2.05) is 0 Å². The number of nitrogens with zero attached hydrogens (tertiary/aromatic N) is 1. The van der Waals surface area contributed by atoms with E-state index in [2.05, 4.69) is 11.4 Å². The summed E-state index contributed by atoms with van der Waals surface area (Å²) in [5.74, 6) is -0.406. The van der Waals surface area contributed by atoms with Crippen molar-refractivity contribution < 1.29 is 14.4 Å². The van der Waals surface area contributed by atoms with Crippen LogP contribution in [0.15, 0.2) is 11.6 Å². The average molecular weight is 332 g/mol. The smallest absolute Gasteiger partial charge is 0.233 e. The number of imide groups is 1. The molecule has 2 aliphatic carbocycles. The van der Waals surface area contributed by atoms with Gasteiger partial charge in [0, 0.05) is 19.5 Å². The summed E-state index contributed by atoms with van der Waals surface area (Å²) in [6, 6.07) is 0. The summed E-state index contributed by atoms with van der Waals surface area (Å²) in [5.41, 5.74) is 1.44. The number of carbonyl (C=O) groups is 3. The molecule has 2 atom stereocenters. The van der Waals surface area contributed by atoms with Gasteiger partial charge in [-0.1, -0.05) is 24.5 Å². The van der Waals surface area contributed by atoms with Crippen LogP contribution in [0.3, 0.4) is 0 Å². The molecule has 0 aromatic heterocycles. The highest BCUT2D eigenvalue weighted by atomic mass is 16.2. The van der Waals surface area contributed by atoms with Crippen molar-refractivity contribution in [3.8, 4) is 0 Å². The maximum atomic E-state index is 12.3. The van der Waals surface area contributed by atoms with Crippen LogP contribution in [0.25, 0.3) is 0 Å². The number of hydrogen-bond donors (Lipinski definition) is 1. The van der Waals surface area contributed by atoms with E-state index in [-0.39, 0.29) is 42.5 Å². The molecule has 24 heavy (non-hydrogen) atoms. The maximum Gasteiger partial charge on any atom is 0.233 e. The molecular weight excluding hydrogens is 304 g/mol. The molecule has 132 valence electrons. The fourth-order valence-electron chi connectivity index (χ4n) is 4.25. The predicted molar refractivity (Wildman–Crippen MR) is 91.0 cm³/mol. The third-order valence-corrected chi connectivity index (χ3v) is 5.65. The van der Waals surface area contributed by atoms with Crippen LogP contribution in [0, 0.1) is 11.8 Å². The fraction of sp³-hybridized carbons (Fsp3) is 0.737. The van der Waals surface area contributed by atoms with Crippen molar-refractivity contribution in [2.24, 2.45) is 11.8 Å². The lowest BCUT2D eigenvalue weighted by atomic mass is 9.81. The van der Waals surface area contributed by atoms with Crippen molar-refractivity contribution in [2.45, 2.75) is 64.2 Å². The maximum absolute atomic E-state index is 12.3. The molecule has 5 heteroatoms. The van der Waals surface area contributed by atoms with E-state index in [0.717, 1.165) is 44.9 Å². The normalized spacial score (nSPS) is 27.0. The lowest BCUT2D eigenvalue weighted by molar-refractivity contribution is -0.140. The molecule has 3 rings (SSSR count). The zero-order valence-electron chi connectivity index (χ0n) is 14.4. The first kappa shape index (κ1) is 17.2. The molecule has 2 fully saturated rings. The zero-order valence-corrected chi connectivity index (χ0v) is 14.4. The molecule has 1 aliphatic heterocycles. The van der Waals surface area contributed by atoms with Gasteiger partial charge in [-0.3, -0.25) is 19.3 Å². The van der Waals surface area contributed by atoms with E-state index in [9.17, 15) is 14.4 Å². The number of fused-ring (bicyclic) bond motifs is 1. The van der Waals surface area contributed by atoms with Gasteiger partial charge in [-0.05, 0) is 44.9 Å². The predicted octanol–water partition coefficient (Wildman–Crippen LogP) is 2.56. The van der Waals surface area contributed by atoms with Crippen molar-refractivity contribution in [3.05, 3.63) is 11.6 Å². The minimum absolute atomic E-state index is 0.0511. The second-order valence-electron chi connectivity index (χ2n) is 7.28. The van der Waals surface area contributed by atoms with Gasteiger partial charge in [-0.25, -0.2) is 0 Å². The van der Waals surface area contributed by atoms with E-state index < -0.39 is 0 Å². The van der Waals surface area contributed by atoms with E-state index in [1.54, 1.807) is 0 Å². The lowest BCUT2D eigenvalue weighted by Gasteiger charge is -2.19.